The molecule has 0 radical (unpaired) electrons. The van der Waals surface area contributed by atoms with Crippen LogP contribution in [-0.4, -0.2) is 4.98 Å². The van der Waals surface area contributed by atoms with Gasteiger partial charge in [-0.25, -0.2) is 0 Å². The first-order valence-corrected chi connectivity index (χ1v) is 5.06. The van der Waals surface area contributed by atoms with E-state index >= 15 is 0 Å². The second-order valence-corrected chi connectivity index (χ2v) is 4.23. The van der Waals surface area contributed by atoms with Crippen molar-refractivity contribution in [1.82, 2.24) is 4.98 Å². The maximum absolute atomic E-state index is 4.25. The molecule has 2 rings (SSSR count). The van der Waals surface area contributed by atoms with Gasteiger partial charge in [0.05, 0.1) is 5.52 Å². The zero-order valence-electron chi connectivity index (χ0n) is 6.09. The second kappa shape index (κ2) is 3.15. The Kier molecular flexibility index (Phi) is 2.15. The molecule has 3 heteroatoms. The van der Waals surface area contributed by atoms with Crippen LogP contribution in [0.2, 0.25) is 0 Å². The lowest BCUT2D eigenvalue weighted by molar-refractivity contribution is 1.40. The Morgan fingerprint density at radius 1 is 1.17 bits per heavy atom. The molecule has 0 unspecified atom stereocenters. The highest BCUT2D eigenvalue weighted by Crippen LogP contribution is 2.26. The van der Waals surface area contributed by atoms with Gasteiger partial charge in [-0.15, -0.1) is 0 Å². The number of pyridine rings is 1. The lowest BCUT2D eigenvalue weighted by Crippen LogP contribution is -1.78. The van der Waals surface area contributed by atoms with Crippen LogP contribution in [0.4, 0.5) is 0 Å². The summed E-state index contributed by atoms with van der Waals surface area (Å²) in [7, 11) is 0. The van der Waals surface area contributed by atoms with Crippen molar-refractivity contribution < 1.29 is 0 Å². The number of halogens is 2. The molecule has 0 amide bonds. The van der Waals surface area contributed by atoms with E-state index < -0.39 is 0 Å². The van der Waals surface area contributed by atoms with Crippen LogP contribution in [-0.2, 0) is 0 Å². The van der Waals surface area contributed by atoms with E-state index in [0.29, 0.717) is 0 Å². The fraction of sp³-hybridized carbons (Fsp3) is 0. The molecule has 0 atom stereocenters. The Hall–Kier alpha value is -0.410. The number of fused-ring (bicyclic) bond motifs is 1. The van der Waals surface area contributed by atoms with Crippen molar-refractivity contribution in [3.05, 3.63) is 39.4 Å². The average Bonchev–Trinajstić information content (AvgIpc) is 2.04. The molecule has 1 aromatic carbocycles. The quantitative estimate of drug-likeness (QED) is 0.719. The summed E-state index contributed by atoms with van der Waals surface area (Å²) in [5, 5.41) is 1.14. The zero-order chi connectivity index (χ0) is 8.55. The minimum absolute atomic E-state index is 1.00. The monoisotopic (exact) mass is 285 g/mol. The van der Waals surface area contributed by atoms with Gasteiger partial charge in [-0.2, -0.15) is 0 Å². The molecule has 0 fully saturated rings. The van der Waals surface area contributed by atoms with E-state index in [9.17, 15) is 0 Å². The standard InChI is InChI=1S/C9H5Br2N/c10-7-4-6-2-1-3-12-9(6)8(11)5-7/h1-5H. The third-order valence-electron chi connectivity index (χ3n) is 1.62. The number of hydrogen-bond acceptors (Lipinski definition) is 1. The highest BCUT2D eigenvalue weighted by Gasteiger charge is 1.99. The number of benzene rings is 1. The van der Waals surface area contributed by atoms with Gasteiger partial charge in [-0.3, -0.25) is 4.98 Å². The highest BCUT2D eigenvalue weighted by atomic mass is 79.9. The van der Waals surface area contributed by atoms with Crippen molar-refractivity contribution >= 4 is 42.8 Å². The molecule has 0 saturated carbocycles. The number of nitrogens with zero attached hydrogens (tertiary/aromatic N) is 1. The minimum Gasteiger partial charge on any atom is -0.255 e. The third-order valence-corrected chi connectivity index (χ3v) is 2.69. The predicted octanol–water partition coefficient (Wildman–Crippen LogP) is 3.76. The van der Waals surface area contributed by atoms with Crippen molar-refractivity contribution in [2.24, 2.45) is 0 Å². The lowest BCUT2D eigenvalue weighted by Gasteiger charge is -1.99. The molecule has 0 N–H and O–H groups in total. The molecule has 1 aromatic heterocycles. The van der Waals surface area contributed by atoms with E-state index in [1.807, 2.05) is 24.3 Å². The number of rotatable bonds is 0. The Labute approximate surface area is 87.1 Å². The zero-order valence-corrected chi connectivity index (χ0v) is 9.26. The van der Waals surface area contributed by atoms with Gasteiger partial charge >= 0.3 is 0 Å². The summed E-state index contributed by atoms with van der Waals surface area (Å²) >= 11 is 6.88. The van der Waals surface area contributed by atoms with Crippen LogP contribution in [0.1, 0.15) is 0 Å². The Morgan fingerprint density at radius 2 is 2.00 bits per heavy atom. The van der Waals surface area contributed by atoms with Gasteiger partial charge in [0.15, 0.2) is 0 Å². The SMILES string of the molecule is Brc1cc(Br)c2ncccc2c1. The summed E-state index contributed by atoms with van der Waals surface area (Å²) in [6.45, 7) is 0. The Balaban J connectivity index is 2.89. The second-order valence-electron chi connectivity index (χ2n) is 2.46. The van der Waals surface area contributed by atoms with Gasteiger partial charge in [0.2, 0.25) is 0 Å². The maximum Gasteiger partial charge on any atom is 0.0844 e. The molecule has 0 spiro atoms. The average molecular weight is 287 g/mol. The van der Waals surface area contributed by atoms with Crippen LogP contribution in [0, 0.1) is 0 Å². The maximum atomic E-state index is 4.25. The topological polar surface area (TPSA) is 12.9 Å². The molecule has 0 aliphatic carbocycles. The van der Waals surface area contributed by atoms with Gasteiger partial charge in [-0.1, -0.05) is 22.0 Å². The fourth-order valence-electron chi connectivity index (χ4n) is 1.11. The van der Waals surface area contributed by atoms with Crippen molar-refractivity contribution in [3.63, 3.8) is 0 Å². The summed E-state index contributed by atoms with van der Waals surface area (Å²) in [6.07, 6.45) is 1.79. The van der Waals surface area contributed by atoms with E-state index in [1.54, 1.807) is 6.20 Å². The molecule has 60 valence electrons. The van der Waals surface area contributed by atoms with Crippen molar-refractivity contribution in [3.8, 4) is 0 Å². The molecule has 0 aliphatic heterocycles. The molecule has 2 aromatic rings. The van der Waals surface area contributed by atoms with Crippen molar-refractivity contribution in [2.75, 3.05) is 0 Å². The van der Waals surface area contributed by atoms with E-state index in [1.165, 1.54) is 0 Å². The number of aromatic nitrogens is 1. The molecular formula is C9H5Br2N. The molecular weight excluding hydrogens is 282 g/mol. The summed E-state index contributed by atoms with van der Waals surface area (Å²) in [6, 6.07) is 8.02. The summed E-state index contributed by atoms with van der Waals surface area (Å²) < 4.78 is 2.09. The van der Waals surface area contributed by atoms with Gasteiger partial charge < -0.3 is 0 Å². The normalized spacial score (nSPS) is 10.5. The summed E-state index contributed by atoms with van der Waals surface area (Å²) in [5.41, 5.74) is 1.00. The minimum atomic E-state index is 1.00. The van der Waals surface area contributed by atoms with Crippen LogP contribution in [0.3, 0.4) is 0 Å². The van der Waals surface area contributed by atoms with Crippen molar-refractivity contribution in [2.45, 2.75) is 0 Å². The smallest absolute Gasteiger partial charge is 0.0844 e. The molecule has 0 saturated heterocycles. The first-order valence-electron chi connectivity index (χ1n) is 3.47. The van der Waals surface area contributed by atoms with E-state index in [0.717, 1.165) is 19.8 Å². The lowest BCUT2D eigenvalue weighted by atomic mass is 10.2. The first-order chi connectivity index (χ1) is 5.77. The summed E-state index contributed by atoms with van der Waals surface area (Å²) in [5.74, 6) is 0. The van der Waals surface area contributed by atoms with Crippen LogP contribution < -0.4 is 0 Å². The van der Waals surface area contributed by atoms with E-state index in [2.05, 4.69) is 36.8 Å². The van der Waals surface area contributed by atoms with Gasteiger partial charge in [-0.05, 0) is 34.1 Å². The van der Waals surface area contributed by atoms with Crippen LogP contribution in [0.25, 0.3) is 10.9 Å². The predicted molar refractivity (Wildman–Crippen MR) is 57.1 cm³/mol. The fourth-order valence-corrected chi connectivity index (χ4v) is 2.47. The van der Waals surface area contributed by atoms with Crippen LogP contribution in [0.5, 0.6) is 0 Å². The van der Waals surface area contributed by atoms with Gasteiger partial charge in [0.1, 0.15) is 0 Å². The number of hydrogen-bond donors (Lipinski definition) is 0. The molecule has 0 bridgehead atoms. The third kappa shape index (κ3) is 1.39. The van der Waals surface area contributed by atoms with Crippen LogP contribution in [0.15, 0.2) is 39.4 Å². The highest BCUT2D eigenvalue weighted by molar-refractivity contribution is 9.11. The molecule has 1 heterocycles. The van der Waals surface area contributed by atoms with Gasteiger partial charge in [0, 0.05) is 20.5 Å². The van der Waals surface area contributed by atoms with Crippen molar-refractivity contribution in [1.29, 1.82) is 0 Å². The summed E-state index contributed by atoms with van der Waals surface area (Å²) in [4.78, 5) is 4.25. The van der Waals surface area contributed by atoms with Crippen LogP contribution >= 0.6 is 31.9 Å². The Bertz CT molecular complexity index is 426. The Morgan fingerprint density at radius 3 is 2.83 bits per heavy atom. The molecule has 12 heavy (non-hydrogen) atoms. The largest absolute Gasteiger partial charge is 0.255 e. The first kappa shape index (κ1) is 8.20. The molecule has 0 aliphatic rings. The van der Waals surface area contributed by atoms with E-state index in [-0.39, 0.29) is 0 Å². The van der Waals surface area contributed by atoms with E-state index in [4.69, 9.17) is 0 Å². The molecule has 1 nitrogen and oxygen atoms in total. The van der Waals surface area contributed by atoms with Gasteiger partial charge in [0.25, 0.3) is 0 Å².